The van der Waals surface area contributed by atoms with Gasteiger partial charge in [-0.2, -0.15) is 0 Å². The fourth-order valence-corrected chi connectivity index (χ4v) is 3.81. The summed E-state index contributed by atoms with van der Waals surface area (Å²) in [6.45, 7) is 2.02. The summed E-state index contributed by atoms with van der Waals surface area (Å²) < 4.78 is 17.9. The molecule has 4 aromatic rings. The van der Waals surface area contributed by atoms with Gasteiger partial charge in [-0.15, -0.1) is 10.2 Å². The molecule has 0 fully saturated rings. The number of thioether (sulfide) groups is 1. The molecule has 9 heteroatoms. The van der Waals surface area contributed by atoms with E-state index in [1.807, 2.05) is 41.8 Å². The van der Waals surface area contributed by atoms with Crippen molar-refractivity contribution in [1.82, 2.24) is 14.8 Å². The number of methoxy groups -OCH3 is 2. The number of carbonyl (C=O) groups excluding carboxylic acids is 1. The first kappa shape index (κ1) is 21.5. The SMILES string of the molecule is COc1cc(NC(=O)CSc2nnc(-c3ccco3)n2-c2ccc(C)cc2)cc(OC)c1. The summed E-state index contributed by atoms with van der Waals surface area (Å²) in [4.78, 5) is 12.6. The molecule has 32 heavy (non-hydrogen) atoms. The highest BCUT2D eigenvalue weighted by Gasteiger charge is 2.19. The van der Waals surface area contributed by atoms with Crippen molar-refractivity contribution < 1.29 is 18.7 Å². The molecule has 2 aromatic heterocycles. The van der Waals surface area contributed by atoms with E-state index in [9.17, 15) is 4.79 Å². The lowest BCUT2D eigenvalue weighted by molar-refractivity contribution is -0.113. The number of hydrogen-bond acceptors (Lipinski definition) is 7. The van der Waals surface area contributed by atoms with Crippen molar-refractivity contribution in [3.8, 4) is 28.8 Å². The number of aromatic nitrogens is 3. The molecule has 0 radical (unpaired) electrons. The summed E-state index contributed by atoms with van der Waals surface area (Å²) >= 11 is 1.28. The third kappa shape index (κ3) is 4.78. The van der Waals surface area contributed by atoms with Gasteiger partial charge in [0.1, 0.15) is 11.5 Å². The van der Waals surface area contributed by atoms with Crippen LogP contribution in [0.15, 0.2) is 70.4 Å². The summed E-state index contributed by atoms with van der Waals surface area (Å²) in [5.41, 5.74) is 2.61. The fraction of sp³-hybridized carbons (Fsp3) is 0.174. The lowest BCUT2D eigenvalue weighted by Gasteiger charge is -2.11. The van der Waals surface area contributed by atoms with E-state index in [0.717, 1.165) is 11.3 Å². The Labute approximate surface area is 189 Å². The molecular weight excluding hydrogens is 428 g/mol. The van der Waals surface area contributed by atoms with E-state index in [4.69, 9.17) is 13.9 Å². The second kappa shape index (κ2) is 9.61. The zero-order valence-corrected chi connectivity index (χ0v) is 18.7. The molecule has 2 aromatic carbocycles. The van der Waals surface area contributed by atoms with Crippen molar-refractivity contribution in [2.24, 2.45) is 0 Å². The zero-order chi connectivity index (χ0) is 22.5. The maximum absolute atomic E-state index is 12.6. The molecular formula is C23H22N4O4S. The summed E-state index contributed by atoms with van der Waals surface area (Å²) in [5.74, 6) is 2.30. The van der Waals surface area contributed by atoms with Crippen LogP contribution in [0.3, 0.4) is 0 Å². The summed E-state index contributed by atoms with van der Waals surface area (Å²) in [6, 6.07) is 16.8. The summed E-state index contributed by atoms with van der Waals surface area (Å²) in [7, 11) is 3.12. The van der Waals surface area contributed by atoms with Gasteiger partial charge in [-0.3, -0.25) is 9.36 Å². The Morgan fingerprint density at radius 2 is 1.78 bits per heavy atom. The third-order valence-electron chi connectivity index (χ3n) is 4.63. The summed E-state index contributed by atoms with van der Waals surface area (Å²) in [6.07, 6.45) is 1.59. The lowest BCUT2D eigenvalue weighted by Crippen LogP contribution is -2.14. The van der Waals surface area contributed by atoms with E-state index in [-0.39, 0.29) is 11.7 Å². The van der Waals surface area contributed by atoms with E-state index in [1.165, 1.54) is 11.8 Å². The van der Waals surface area contributed by atoms with Gasteiger partial charge in [0.25, 0.3) is 0 Å². The van der Waals surface area contributed by atoms with Gasteiger partial charge in [-0.25, -0.2) is 0 Å². The number of nitrogens with zero attached hydrogens (tertiary/aromatic N) is 3. The van der Waals surface area contributed by atoms with E-state index in [0.29, 0.717) is 33.9 Å². The molecule has 0 saturated carbocycles. The van der Waals surface area contributed by atoms with Crippen LogP contribution in [-0.2, 0) is 4.79 Å². The predicted molar refractivity (Wildman–Crippen MR) is 123 cm³/mol. The van der Waals surface area contributed by atoms with Crippen molar-refractivity contribution in [2.45, 2.75) is 12.1 Å². The van der Waals surface area contributed by atoms with Crippen LogP contribution in [-0.4, -0.2) is 40.6 Å². The van der Waals surface area contributed by atoms with Crippen LogP contribution in [0.5, 0.6) is 11.5 Å². The van der Waals surface area contributed by atoms with Gasteiger partial charge in [0, 0.05) is 29.6 Å². The number of rotatable bonds is 8. The average Bonchev–Trinajstić information content (AvgIpc) is 3.48. The van der Waals surface area contributed by atoms with Crippen LogP contribution >= 0.6 is 11.8 Å². The van der Waals surface area contributed by atoms with Crippen molar-refractivity contribution in [1.29, 1.82) is 0 Å². The maximum Gasteiger partial charge on any atom is 0.234 e. The number of anilines is 1. The Kier molecular flexibility index (Phi) is 6.46. The Hall–Kier alpha value is -3.72. The van der Waals surface area contributed by atoms with Gasteiger partial charge in [-0.1, -0.05) is 29.5 Å². The molecule has 0 saturated heterocycles. The minimum Gasteiger partial charge on any atom is -0.497 e. The lowest BCUT2D eigenvalue weighted by atomic mass is 10.2. The quantitative estimate of drug-likeness (QED) is 0.393. The molecule has 0 aliphatic carbocycles. The molecule has 164 valence electrons. The van der Waals surface area contributed by atoms with Crippen molar-refractivity contribution in [3.05, 3.63) is 66.4 Å². The van der Waals surface area contributed by atoms with E-state index >= 15 is 0 Å². The van der Waals surface area contributed by atoms with Crippen LogP contribution in [0, 0.1) is 6.92 Å². The Bertz CT molecular complexity index is 1180. The smallest absolute Gasteiger partial charge is 0.234 e. The minimum absolute atomic E-state index is 0.141. The number of aryl methyl sites for hydroxylation is 1. The van der Waals surface area contributed by atoms with Gasteiger partial charge in [0.05, 0.1) is 26.2 Å². The van der Waals surface area contributed by atoms with Crippen LogP contribution in [0.25, 0.3) is 17.3 Å². The number of carbonyl (C=O) groups is 1. The third-order valence-corrected chi connectivity index (χ3v) is 5.56. The monoisotopic (exact) mass is 450 g/mol. The minimum atomic E-state index is -0.191. The van der Waals surface area contributed by atoms with E-state index < -0.39 is 0 Å². The highest BCUT2D eigenvalue weighted by molar-refractivity contribution is 7.99. The van der Waals surface area contributed by atoms with Crippen molar-refractivity contribution in [3.63, 3.8) is 0 Å². The first-order valence-corrected chi connectivity index (χ1v) is 10.8. The average molecular weight is 451 g/mol. The molecule has 1 amide bonds. The second-order valence-corrected chi connectivity index (χ2v) is 7.84. The maximum atomic E-state index is 12.6. The Morgan fingerprint density at radius 1 is 1.06 bits per heavy atom. The number of hydrogen-bond donors (Lipinski definition) is 1. The molecule has 0 bridgehead atoms. The molecule has 0 aliphatic heterocycles. The number of furan rings is 1. The normalized spacial score (nSPS) is 10.7. The molecule has 2 heterocycles. The molecule has 0 atom stereocenters. The molecule has 8 nitrogen and oxygen atoms in total. The number of benzene rings is 2. The number of ether oxygens (including phenoxy) is 2. The fourth-order valence-electron chi connectivity index (χ4n) is 3.06. The molecule has 4 rings (SSSR count). The molecule has 0 aliphatic rings. The highest BCUT2D eigenvalue weighted by Crippen LogP contribution is 2.29. The Morgan fingerprint density at radius 3 is 2.41 bits per heavy atom. The van der Waals surface area contributed by atoms with Crippen molar-refractivity contribution in [2.75, 3.05) is 25.3 Å². The number of amides is 1. The second-order valence-electron chi connectivity index (χ2n) is 6.89. The van der Waals surface area contributed by atoms with Gasteiger partial charge < -0.3 is 19.2 Å². The first-order chi connectivity index (χ1) is 15.6. The topological polar surface area (TPSA) is 91.4 Å². The van der Waals surface area contributed by atoms with Crippen LogP contribution in [0.4, 0.5) is 5.69 Å². The highest BCUT2D eigenvalue weighted by atomic mass is 32.2. The first-order valence-electron chi connectivity index (χ1n) is 9.79. The van der Waals surface area contributed by atoms with Crippen LogP contribution in [0.2, 0.25) is 0 Å². The Balaban J connectivity index is 1.55. The van der Waals surface area contributed by atoms with Gasteiger partial charge >= 0.3 is 0 Å². The largest absolute Gasteiger partial charge is 0.497 e. The predicted octanol–water partition coefficient (Wildman–Crippen LogP) is 4.58. The van der Waals surface area contributed by atoms with Gasteiger partial charge in [0.15, 0.2) is 10.9 Å². The van der Waals surface area contributed by atoms with Crippen molar-refractivity contribution >= 4 is 23.4 Å². The van der Waals surface area contributed by atoms with Crippen LogP contribution < -0.4 is 14.8 Å². The van der Waals surface area contributed by atoms with Gasteiger partial charge in [0.2, 0.25) is 11.7 Å². The zero-order valence-electron chi connectivity index (χ0n) is 17.9. The molecule has 1 N–H and O–H groups in total. The summed E-state index contributed by atoms with van der Waals surface area (Å²) in [5, 5.41) is 12.0. The van der Waals surface area contributed by atoms with E-state index in [1.54, 1.807) is 44.7 Å². The van der Waals surface area contributed by atoms with Gasteiger partial charge in [-0.05, 0) is 31.2 Å². The van der Waals surface area contributed by atoms with E-state index in [2.05, 4.69) is 15.5 Å². The molecule has 0 unspecified atom stereocenters. The molecule has 0 spiro atoms. The number of nitrogens with one attached hydrogen (secondary N) is 1. The standard InChI is InChI=1S/C23H22N4O4S/c1-15-6-8-17(9-7-15)27-22(20-5-4-10-31-20)25-26-23(27)32-14-21(28)24-16-11-18(29-2)13-19(12-16)30-3/h4-13H,14H2,1-3H3,(H,24,28). The van der Waals surface area contributed by atoms with Crippen LogP contribution in [0.1, 0.15) is 5.56 Å².